The van der Waals surface area contributed by atoms with E-state index < -0.39 is 0 Å². The standard InChI is InChI=1S/C24H23Br2N3O2S/c1-24(2,3)21-19(10-14-8-13-6-4-5-7-18(13)28-22(14)31)32-23(29-21)27-12-15-9-16(25)11-17(26)20(15)30/h4-9,11,30H,10,12H2,1-3H3,(H,27,29)(H,28,31). The van der Waals surface area contributed by atoms with Crippen molar-refractivity contribution in [3.8, 4) is 5.75 Å². The maximum atomic E-state index is 12.7. The monoisotopic (exact) mass is 575 g/mol. The van der Waals surface area contributed by atoms with Gasteiger partial charge in [-0.25, -0.2) is 4.98 Å². The SMILES string of the molecule is CC(C)(C)c1nc(NCc2cc(Br)cc(Br)c2O)sc1Cc1cc2ccccc2[nH]c1=O. The summed E-state index contributed by atoms with van der Waals surface area (Å²) in [5.41, 5.74) is 3.04. The summed E-state index contributed by atoms with van der Waals surface area (Å²) in [5, 5.41) is 15.5. The van der Waals surface area contributed by atoms with Gasteiger partial charge in [0.2, 0.25) is 0 Å². The largest absolute Gasteiger partial charge is 0.506 e. The molecule has 0 saturated heterocycles. The van der Waals surface area contributed by atoms with Crippen LogP contribution in [0.1, 0.15) is 42.5 Å². The molecule has 5 nitrogen and oxygen atoms in total. The van der Waals surface area contributed by atoms with Crippen LogP contribution < -0.4 is 10.9 Å². The van der Waals surface area contributed by atoms with Crippen molar-refractivity contribution in [2.45, 2.75) is 39.2 Å². The second-order valence-electron chi connectivity index (χ2n) is 8.68. The van der Waals surface area contributed by atoms with E-state index in [0.717, 1.165) is 42.2 Å². The Morgan fingerprint density at radius 3 is 2.62 bits per heavy atom. The Kier molecular flexibility index (Phi) is 6.47. The van der Waals surface area contributed by atoms with Gasteiger partial charge < -0.3 is 15.4 Å². The first-order chi connectivity index (χ1) is 15.1. The van der Waals surface area contributed by atoms with Crippen molar-refractivity contribution < 1.29 is 5.11 Å². The molecule has 3 N–H and O–H groups in total. The van der Waals surface area contributed by atoms with Crippen LogP contribution in [0.25, 0.3) is 10.9 Å². The molecule has 0 bridgehead atoms. The van der Waals surface area contributed by atoms with Crippen molar-refractivity contribution in [2.75, 3.05) is 5.32 Å². The molecule has 0 fully saturated rings. The fourth-order valence-corrected chi connectivity index (χ4v) is 6.06. The molecule has 0 atom stereocenters. The molecule has 4 aromatic rings. The molecule has 0 aliphatic heterocycles. The van der Waals surface area contributed by atoms with Crippen molar-refractivity contribution >= 4 is 59.2 Å². The average Bonchev–Trinajstić information content (AvgIpc) is 3.13. The van der Waals surface area contributed by atoms with Gasteiger partial charge in [-0.15, -0.1) is 11.3 Å². The van der Waals surface area contributed by atoms with E-state index in [0.29, 0.717) is 17.4 Å². The third kappa shape index (κ3) is 4.92. The van der Waals surface area contributed by atoms with Gasteiger partial charge in [0.05, 0.1) is 10.2 Å². The molecule has 4 rings (SSSR count). The number of aromatic nitrogens is 2. The quantitative estimate of drug-likeness (QED) is 0.246. The predicted molar refractivity (Wildman–Crippen MR) is 139 cm³/mol. The first-order valence-electron chi connectivity index (χ1n) is 10.1. The van der Waals surface area contributed by atoms with Gasteiger partial charge in [0.15, 0.2) is 5.13 Å². The summed E-state index contributed by atoms with van der Waals surface area (Å²) in [4.78, 5) is 21.6. The van der Waals surface area contributed by atoms with Crippen LogP contribution in [-0.2, 0) is 18.4 Å². The van der Waals surface area contributed by atoms with Crippen LogP contribution >= 0.6 is 43.2 Å². The Morgan fingerprint density at radius 2 is 1.88 bits per heavy atom. The van der Waals surface area contributed by atoms with Crippen molar-refractivity contribution in [3.05, 3.63) is 83.5 Å². The highest BCUT2D eigenvalue weighted by Gasteiger charge is 2.24. The average molecular weight is 577 g/mol. The highest BCUT2D eigenvalue weighted by atomic mass is 79.9. The number of rotatable bonds is 5. The van der Waals surface area contributed by atoms with E-state index in [9.17, 15) is 9.90 Å². The maximum Gasteiger partial charge on any atom is 0.251 e. The van der Waals surface area contributed by atoms with Crippen LogP contribution in [0.4, 0.5) is 5.13 Å². The minimum Gasteiger partial charge on any atom is -0.506 e. The third-order valence-electron chi connectivity index (χ3n) is 5.13. The van der Waals surface area contributed by atoms with Gasteiger partial charge in [0, 0.05) is 44.4 Å². The van der Waals surface area contributed by atoms with E-state index in [1.54, 1.807) is 17.4 Å². The molecule has 32 heavy (non-hydrogen) atoms. The van der Waals surface area contributed by atoms with E-state index in [4.69, 9.17) is 4.98 Å². The number of aromatic hydroxyl groups is 1. The summed E-state index contributed by atoms with van der Waals surface area (Å²) in [6.45, 7) is 6.79. The van der Waals surface area contributed by atoms with Gasteiger partial charge in [-0.1, -0.05) is 54.9 Å². The number of phenols is 1. The van der Waals surface area contributed by atoms with Crippen LogP contribution in [0.3, 0.4) is 0 Å². The number of H-pyrrole nitrogens is 1. The maximum absolute atomic E-state index is 12.7. The summed E-state index contributed by atoms with van der Waals surface area (Å²) in [7, 11) is 0. The van der Waals surface area contributed by atoms with Crippen molar-refractivity contribution in [2.24, 2.45) is 0 Å². The molecule has 2 aromatic carbocycles. The number of benzene rings is 2. The molecule has 0 amide bonds. The van der Waals surface area contributed by atoms with E-state index in [2.05, 4.69) is 62.9 Å². The van der Waals surface area contributed by atoms with Gasteiger partial charge in [-0.2, -0.15) is 0 Å². The lowest BCUT2D eigenvalue weighted by molar-refractivity contribution is 0.465. The zero-order valence-electron chi connectivity index (χ0n) is 17.9. The molecule has 166 valence electrons. The molecule has 0 aliphatic rings. The number of aromatic amines is 1. The van der Waals surface area contributed by atoms with Crippen LogP contribution in [0, 0.1) is 0 Å². The second kappa shape index (κ2) is 9.00. The van der Waals surface area contributed by atoms with Gasteiger partial charge in [0.25, 0.3) is 5.56 Å². The lowest BCUT2D eigenvalue weighted by Crippen LogP contribution is -2.17. The molecular weight excluding hydrogens is 554 g/mol. The number of fused-ring (bicyclic) bond motifs is 1. The predicted octanol–water partition coefficient (Wildman–Crippen LogP) is 6.72. The minimum atomic E-state index is -0.170. The Bertz CT molecular complexity index is 1360. The Labute approximate surface area is 207 Å². The lowest BCUT2D eigenvalue weighted by atomic mass is 9.90. The summed E-state index contributed by atoms with van der Waals surface area (Å²) in [6.07, 6.45) is 0.514. The number of nitrogens with zero attached hydrogens (tertiary/aromatic N) is 1. The van der Waals surface area contributed by atoms with E-state index in [-0.39, 0.29) is 16.7 Å². The summed E-state index contributed by atoms with van der Waals surface area (Å²) < 4.78 is 1.51. The number of thiazole rings is 1. The van der Waals surface area contributed by atoms with Crippen LogP contribution in [0.15, 0.2) is 56.2 Å². The molecular formula is C24H23Br2N3O2S. The number of pyridine rings is 1. The first-order valence-corrected chi connectivity index (χ1v) is 12.5. The number of para-hydroxylation sites is 1. The molecule has 0 unspecified atom stereocenters. The topological polar surface area (TPSA) is 78.0 Å². The van der Waals surface area contributed by atoms with Crippen LogP contribution in [0.5, 0.6) is 5.75 Å². The molecule has 2 aromatic heterocycles. The lowest BCUT2D eigenvalue weighted by Gasteiger charge is -2.17. The summed E-state index contributed by atoms with van der Waals surface area (Å²) in [6, 6.07) is 13.4. The Balaban J connectivity index is 1.65. The van der Waals surface area contributed by atoms with Crippen molar-refractivity contribution in [3.63, 3.8) is 0 Å². The fraction of sp³-hybridized carbons (Fsp3) is 0.250. The Hall–Kier alpha value is -2.16. The Morgan fingerprint density at radius 1 is 1.12 bits per heavy atom. The van der Waals surface area contributed by atoms with Gasteiger partial charge in [-0.3, -0.25) is 4.79 Å². The van der Waals surface area contributed by atoms with Crippen LogP contribution in [0.2, 0.25) is 0 Å². The molecule has 8 heteroatoms. The molecule has 0 aliphatic carbocycles. The zero-order valence-corrected chi connectivity index (χ0v) is 21.9. The van der Waals surface area contributed by atoms with Crippen molar-refractivity contribution in [1.82, 2.24) is 9.97 Å². The number of hydrogen-bond acceptors (Lipinski definition) is 5. The third-order valence-corrected chi connectivity index (χ3v) is 7.20. The number of phenolic OH excluding ortho intramolecular Hbond substituents is 1. The molecule has 0 saturated carbocycles. The summed E-state index contributed by atoms with van der Waals surface area (Å²) >= 11 is 8.38. The zero-order chi connectivity index (χ0) is 23.0. The second-order valence-corrected chi connectivity index (χ2v) is 11.5. The molecule has 0 spiro atoms. The smallest absolute Gasteiger partial charge is 0.251 e. The highest BCUT2D eigenvalue weighted by Crippen LogP contribution is 2.35. The van der Waals surface area contributed by atoms with E-state index in [1.807, 2.05) is 36.4 Å². The normalized spacial score (nSPS) is 11.8. The fourth-order valence-electron chi connectivity index (χ4n) is 3.55. The van der Waals surface area contributed by atoms with Gasteiger partial charge in [0.1, 0.15) is 5.75 Å². The van der Waals surface area contributed by atoms with Crippen LogP contribution in [-0.4, -0.2) is 15.1 Å². The van der Waals surface area contributed by atoms with Gasteiger partial charge >= 0.3 is 0 Å². The van der Waals surface area contributed by atoms with Crippen molar-refractivity contribution in [1.29, 1.82) is 0 Å². The van der Waals surface area contributed by atoms with E-state index in [1.165, 1.54) is 0 Å². The first kappa shape index (κ1) is 23.0. The minimum absolute atomic E-state index is 0.0737. The molecule has 2 heterocycles. The van der Waals surface area contributed by atoms with Gasteiger partial charge in [-0.05, 0) is 45.6 Å². The molecule has 0 radical (unpaired) electrons. The number of halogens is 2. The number of anilines is 1. The number of nitrogens with one attached hydrogen (secondary N) is 2. The van der Waals surface area contributed by atoms with E-state index >= 15 is 0 Å². The highest BCUT2D eigenvalue weighted by molar-refractivity contribution is 9.11. The summed E-state index contributed by atoms with van der Waals surface area (Å²) in [5.74, 6) is 0.205. The number of hydrogen-bond donors (Lipinski definition) is 3.